The van der Waals surface area contributed by atoms with Gasteiger partial charge >= 0.3 is 5.97 Å². The van der Waals surface area contributed by atoms with Crippen LogP contribution in [0.15, 0.2) is 22.7 Å². The molecule has 86 valence electrons. The van der Waals surface area contributed by atoms with Gasteiger partial charge in [0.1, 0.15) is 5.75 Å². The van der Waals surface area contributed by atoms with Crippen LogP contribution in [0, 0.1) is 5.92 Å². The van der Waals surface area contributed by atoms with Gasteiger partial charge in [0.15, 0.2) is 0 Å². The van der Waals surface area contributed by atoms with Gasteiger partial charge in [-0.3, -0.25) is 0 Å². The second kappa shape index (κ2) is 4.87. The lowest BCUT2D eigenvalue weighted by atomic mass is 10.2. The van der Waals surface area contributed by atoms with Gasteiger partial charge in [0.05, 0.1) is 23.8 Å². The van der Waals surface area contributed by atoms with E-state index < -0.39 is 0 Å². The Morgan fingerprint density at radius 3 is 2.81 bits per heavy atom. The Bertz CT molecular complexity index is 399. The molecule has 1 aliphatic rings. The third-order valence-corrected chi connectivity index (χ3v) is 3.15. The largest absolute Gasteiger partial charge is 0.496 e. The number of halogens is 1. The Morgan fingerprint density at radius 1 is 1.50 bits per heavy atom. The van der Waals surface area contributed by atoms with Gasteiger partial charge < -0.3 is 9.47 Å². The van der Waals surface area contributed by atoms with Crippen molar-refractivity contribution in [3.63, 3.8) is 0 Å². The summed E-state index contributed by atoms with van der Waals surface area (Å²) in [6.45, 7) is 0.544. The highest BCUT2D eigenvalue weighted by Crippen LogP contribution is 2.30. The first-order valence-electron chi connectivity index (χ1n) is 5.21. The first-order chi connectivity index (χ1) is 7.70. The number of methoxy groups -OCH3 is 1. The third kappa shape index (κ3) is 2.76. The fourth-order valence-corrected chi connectivity index (χ4v) is 1.90. The molecule has 16 heavy (non-hydrogen) atoms. The van der Waals surface area contributed by atoms with Crippen LogP contribution in [0.4, 0.5) is 0 Å². The van der Waals surface area contributed by atoms with Gasteiger partial charge in [0, 0.05) is 0 Å². The monoisotopic (exact) mass is 284 g/mol. The van der Waals surface area contributed by atoms with Crippen LogP contribution in [-0.2, 0) is 4.74 Å². The van der Waals surface area contributed by atoms with Crippen LogP contribution >= 0.6 is 15.9 Å². The summed E-state index contributed by atoms with van der Waals surface area (Å²) in [6, 6.07) is 5.17. The summed E-state index contributed by atoms with van der Waals surface area (Å²) in [4.78, 5) is 11.6. The lowest BCUT2D eigenvalue weighted by Gasteiger charge is -2.06. The predicted octanol–water partition coefficient (Wildman–Crippen LogP) is 3.02. The molecule has 1 aromatic rings. The molecule has 4 heteroatoms. The summed E-state index contributed by atoms with van der Waals surface area (Å²) in [5.41, 5.74) is 0.549. The number of carbonyl (C=O) groups excluding carboxylic acids is 1. The van der Waals surface area contributed by atoms with E-state index in [-0.39, 0.29) is 5.97 Å². The Balaban J connectivity index is 2.01. The summed E-state index contributed by atoms with van der Waals surface area (Å²) in [5.74, 6) is 1.03. The van der Waals surface area contributed by atoms with Gasteiger partial charge in [0.2, 0.25) is 0 Å². The average Bonchev–Trinajstić information content (AvgIpc) is 3.09. The zero-order valence-electron chi connectivity index (χ0n) is 9.03. The normalized spacial score (nSPS) is 14.6. The van der Waals surface area contributed by atoms with Crippen LogP contribution in [0.2, 0.25) is 0 Å². The molecular weight excluding hydrogens is 272 g/mol. The smallest absolute Gasteiger partial charge is 0.338 e. The summed E-state index contributed by atoms with van der Waals surface area (Å²) in [6.07, 6.45) is 2.36. The number of esters is 1. The fraction of sp³-hybridized carbons (Fsp3) is 0.417. The zero-order valence-corrected chi connectivity index (χ0v) is 10.6. The van der Waals surface area contributed by atoms with Crippen molar-refractivity contribution in [3.05, 3.63) is 28.2 Å². The number of carbonyl (C=O) groups is 1. The molecular formula is C12H13BrO3. The maximum Gasteiger partial charge on any atom is 0.338 e. The van der Waals surface area contributed by atoms with E-state index in [0.29, 0.717) is 23.8 Å². The molecule has 1 aromatic carbocycles. The fourth-order valence-electron chi connectivity index (χ4n) is 1.35. The molecule has 0 aromatic heterocycles. The lowest BCUT2D eigenvalue weighted by molar-refractivity contribution is 0.0486. The second-order valence-electron chi connectivity index (χ2n) is 3.89. The van der Waals surface area contributed by atoms with Gasteiger partial charge in [-0.2, -0.15) is 0 Å². The van der Waals surface area contributed by atoms with Crippen molar-refractivity contribution in [2.45, 2.75) is 12.8 Å². The quantitative estimate of drug-likeness (QED) is 0.798. The number of rotatable bonds is 4. The van der Waals surface area contributed by atoms with Crippen molar-refractivity contribution >= 4 is 21.9 Å². The van der Waals surface area contributed by atoms with Crippen LogP contribution in [0.5, 0.6) is 5.75 Å². The predicted molar refractivity (Wildman–Crippen MR) is 63.7 cm³/mol. The number of benzene rings is 1. The summed E-state index contributed by atoms with van der Waals surface area (Å²) in [5, 5.41) is 0. The standard InChI is InChI=1S/C12H13BrO3/c1-15-11-5-4-9(6-10(11)13)12(14)16-7-8-2-3-8/h4-6,8H,2-3,7H2,1H3. The topological polar surface area (TPSA) is 35.5 Å². The highest BCUT2D eigenvalue weighted by molar-refractivity contribution is 9.10. The first kappa shape index (κ1) is 11.5. The van der Waals surface area contributed by atoms with Gasteiger partial charge in [0.25, 0.3) is 0 Å². The van der Waals surface area contributed by atoms with E-state index in [9.17, 15) is 4.79 Å². The van der Waals surface area contributed by atoms with Crippen molar-refractivity contribution in [3.8, 4) is 5.75 Å². The Morgan fingerprint density at radius 2 is 2.25 bits per heavy atom. The molecule has 0 amide bonds. The van der Waals surface area contributed by atoms with E-state index in [2.05, 4.69) is 15.9 Å². The molecule has 0 heterocycles. The molecule has 1 aliphatic carbocycles. The van der Waals surface area contributed by atoms with Crippen molar-refractivity contribution in [2.75, 3.05) is 13.7 Å². The minimum absolute atomic E-state index is 0.268. The van der Waals surface area contributed by atoms with E-state index in [1.807, 2.05) is 0 Å². The molecule has 2 rings (SSSR count). The van der Waals surface area contributed by atoms with Crippen molar-refractivity contribution in [2.24, 2.45) is 5.92 Å². The summed E-state index contributed by atoms with van der Waals surface area (Å²) >= 11 is 3.34. The van der Waals surface area contributed by atoms with E-state index in [0.717, 1.165) is 4.47 Å². The van der Waals surface area contributed by atoms with Gasteiger partial charge in [-0.05, 0) is 52.9 Å². The number of ether oxygens (including phenoxy) is 2. The second-order valence-corrected chi connectivity index (χ2v) is 4.75. The SMILES string of the molecule is COc1ccc(C(=O)OCC2CC2)cc1Br. The van der Waals surface area contributed by atoms with Gasteiger partial charge in [-0.25, -0.2) is 4.79 Å². The first-order valence-corrected chi connectivity index (χ1v) is 6.00. The molecule has 0 radical (unpaired) electrons. The average molecular weight is 285 g/mol. The lowest BCUT2D eigenvalue weighted by Crippen LogP contribution is -2.07. The van der Waals surface area contributed by atoms with Crippen LogP contribution < -0.4 is 4.74 Å². The molecule has 0 bridgehead atoms. The Hall–Kier alpha value is -1.03. The van der Waals surface area contributed by atoms with E-state index >= 15 is 0 Å². The maximum absolute atomic E-state index is 11.6. The Labute approximate surface area is 103 Å². The Kier molecular flexibility index (Phi) is 3.49. The molecule has 1 fully saturated rings. The number of hydrogen-bond donors (Lipinski definition) is 0. The van der Waals surface area contributed by atoms with Gasteiger partial charge in [-0.1, -0.05) is 0 Å². The van der Waals surface area contributed by atoms with Crippen molar-refractivity contribution < 1.29 is 14.3 Å². The summed E-state index contributed by atoms with van der Waals surface area (Å²) in [7, 11) is 1.59. The van der Waals surface area contributed by atoms with Crippen LogP contribution in [0.1, 0.15) is 23.2 Å². The molecule has 1 saturated carbocycles. The maximum atomic E-state index is 11.6. The molecule has 0 aliphatic heterocycles. The van der Waals surface area contributed by atoms with Crippen molar-refractivity contribution in [1.29, 1.82) is 0 Å². The highest BCUT2D eigenvalue weighted by Gasteiger charge is 2.23. The van der Waals surface area contributed by atoms with Crippen LogP contribution in [-0.4, -0.2) is 19.7 Å². The molecule has 0 unspecified atom stereocenters. The number of hydrogen-bond acceptors (Lipinski definition) is 3. The highest BCUT2D eigenvalue weighted by atomic mass is 79.9. The molecule has 3 nitrogen and oxygen atoms in total. The third-order valence-electron chi connectivity index (χ3n) is 2.53. The van der Waals surface area contributed by atoms with E-state index in [1.54, 1.807) is 25.3 Å². The molecule has 0 spiro atoms. The molecule has 0 saturated heterocycles. The zero-order chi connectivity index (χ0) is 11.5. The van der Waals surface area contributed by atoms with Crippen molar-refractivity contribution in [1.82, 2.24) is 0 Å². The minimum Gasteiger partial charge on any atom is -0.496 e. The van der Waals surface area contributed by atoms with E-state index in [4.69, 9.17) is 9.47 Å². The van der Waals surface area contributed by atoms with Gasteiger partial charge in [-0.15, -0.1) is 0 Å². The minimum atomic E-state index is -0.268. The molecule has 0 N–H and O–H groups in total. The van der Waals surface area contributed by atoms with Crippen LogP contribution in [0.3, 0.4) is 0 Å². The molecule has 0 atom stereocenters. The summed E-state index contributed by atoms with van der Waals surface area (Å²) < 4.78 is 11.0. The van der Waals surface area contributed by atoms with Crippen LogP contribution in [0.25, 0.3) is 0 Å². The van der Waals surface area contributed by atoms with E-state index in [1.165, 1.54) is 12.8 Å².